The number of nitrogens with two attached hydrogens (primary N) is 1. The number of benzene rings is 1. The van der Waals surface area contributed by atoms with Crippen LogP contribution >= 0.6 is 11.6 Å². The molecule has 3 aromatic rings. The number of pyridine rings is 1. The molecule has 27 heavy (non-hydrogen) atoms. The van der Waals surface area contributed by atoms with Gasteiger partial charge in [0.15, 0.2) is 5.82 Å². The van der Waals surface area contributed by atoms with E-state index in [1.807, 2.05) is 48.6 Å². The molecule has 3 N–H and O–H groups in total. The van der Waals surface area contributed by atoms with E-state index in [1.165, 1.54) is 0 Å². The summed E-state index contributed by atoms with van der Waals surface area (Å²) in [6, 6.07) is 12.0. The molecule has 0 bridgehead atoms. The van der Waals surface area contributed by atoms with E-state index >= 15 is 0 Å². The molecule has 0 saturated heterocycles. The fourth-order valence-corrected chi connectivity index (χ4v) is 3.87. The van der Waals surface area contributed by atoms with Crippen molar-refractivity contribution < 1.29 is 0 Å². The number of rotatable bonds is 4. The molecule has 0 spiro atoms. The molecular weight excluding hydrogens is 358 g/mol. The summed E-state index contributed by atoms with van der Waals surface area (Å²) in [5, 5.41) is 1.75. The Morgan fingerprint density at radius 1 is 1.04 bits per heavy atom. The molecule has 0 aliphatic heterocycles. The van der Waals surface area contributed by atoms with E-state index in [1.54, 1.807) is 6.20 Å². The topological polar surface area (TPSA) is 76.7 Å². The summed E-state index contributed by atoms with van der Waals surface area (Å²) in [5.41, 5.74) is 5.79. The molecule has 0 unspecified atom stereocenters. The highest BCUT2D eigenvalue weighted by Gasteiger charge is 2.24. The Morgan fingerprint density at radius 3 is 2.63 bits per heavy atom. The summed E-state index contributed by atoms with van der Waals surface area (Å²) >= 11 is 6.25. The minimum Gasteiger partial charge on any atom is -0.271 e. The zero-order valence-corrected chi connectivity index (χ0v) is 15.7. The normalized spacial score (nSPS) is 20.4. The van der Waals surface area contributed by atoms with Crippen molar-refractivity contribution in [2.24, 2.45) is 5.84 Å². The van der Waals surface area contributed by atoms with Crippen molar-refractivity contribution in [3.8, 4) is 0 Å². The van der Waals surface area contributed by atoms with Crippen molar-refractivity contribution in [1.82, 2.24) is 20.4 Å². The van der Waals surface area contributed by atoms with Crippen LogP contribution < -0.4 is 11.3 Å². The number of halogens is 1. The minimum atomic E-state index is 0.389. The first kappa shape index (κ1) is 18.0. The molecular formula is C21H22ClN5. The standard InChI is InChI=1S/C21H22ClN5/c22-15-6-10-19-18(13-15)21(14-4-7-17(27-23)8-5-14)26-20(25-19)11-9-16-3-1-2-12-24-16/h1-3,6,9-14,17,27H,4-5,7-8,23H2. The highest BCUT2D eigenvalue weighted by Crippen LogP contribution is 2.36. The molecule has 1 fully saturated rings. The number of hydrogen-bond donors (Lipinski definition) is 2. The Morgan fingerprint density at radius 2 is 1.89 bits per heavy atom. The first-order valence-electron chi connectivity index (χ1n) is 9.25. The van der Waals surface area contributed by atoms with Crippen molar-refractivity contribution in [2.45, 2.75) is 37.6 Å². The highest BCUT2D eigenvalue weighted by atomic mass is 35.5. The molecule has 5 nitrogen and oxygen atoms in total. The third-order valence-corrected chi connectivity index (χ3v) is 5.38. The van der Waals surface area contributed by atoms with Gasteiger partial charge in [0.05, 0.1) is 16.9 Å². The average Bonchev–Trinajstić information content (AvgIpc) is 2.72. The maximum Gasteiger partial charge on any atom is 0.152 e. The van der Waals surface area contributed by atoms with Crippen molar-refractivity contribution in [3.05, 3.63) is 64.8 Å². The summed E-state index contributed by atoms with van der Waals surface area (Å²) in [4.78, 5) is 13.9. The Balaban J connectivity index is 1.72. The van der Waals surface area contributed by atoms with Gasteiger partial charge >= 0.3 is 0 Å². The maximum absolute atomic E-state index is 6.25. The van der Waals surface area contributed by atoms with Crippen LogP contribution in [0.4, 0.5) is 0 Å². The van der Waals surface area contributed by atoms with Crippen LogP contribution in [0.3, 0.4) is 0 Å². The van der Waals surface area contributed by atoms with E-state index in [0.717, 1.165) is 48.0 Å². The summed E-state index contributed by atoms with van der Waals surface area (Å²) in [5.74, 6) is 6.70. The fourth-order valence-electron chi connectivity index (χ4n) is 3.70. The average molecular weight is 380 g/mol. The van der Waals surface area contributed by atoms with Gasteiger partial charge in [-0.1, -0.05) is 17.7 Å². The first-order valence-corrected chi connectivity index (χ1v) is 9.63. The van der Waals surface area contributed by atoms with E-state index in [9.17, 15) is 0 Å². The van der Waals surface area contributed by atoms with E-state index in [2.05, 4.69) is 10.4 Å². The van der Waals surface area contributed by atoms with E-state index < -0.39 is 0 Å². The molecule has 1 aliphatic rings. The van der Waals surface area contributed by atoms with Gasteiger partial charge in [0.25, 0.3) is 0 Å². The van der Waals surface area contributed by atoms with Crippen molar-refractivity contribution in [2.75, 3.05) is 0 Å². The minimum absolute atomic E-state index is 0.389. The summed E-state index contributed by atoms with van der Waals surface area (Å²) in [7, 11) is 0. The molecule has 1 saturated carbocycles. The Kier molecular flexibility index (Phi) is 5.43. The second-order valence-corrected chi connectivity index (χ2v) is 7.37. The smallest absolute Gasteiger partial charge is 0.152 e. The maximum atomic E-state index is 6.25. The number of hydrazine groups is 1. The largest absolute Gasteiger partial charge is 0.271 e. The van der Waals surface area contributed by atoms with Crippen LogP contribution in [0.25, 0.3) is 23.1 Å². The second-order valence-electron chi connectivity index (χ2n) is 6.93. The van der Waals surface area contributed by atoms with E-state index in [-0.39, 0.29) is 0 Å². The lowest BCUT2D eigenvalue weighted by Crippen LogP contribution is -2.37. The third-order valence-electron chi connectivity index (χ3n) is 5.15. The predicted molar refractivity (Wildman–Crippen MR) is 110 cm³/mol. The molecule has 2 heterocycles. The van der Waals surface area contributed by atoms with Gasteiger partial charge < -0.3 is 0 Å². The highest BCUT2D eigenvalue weighted by molar-refractivity contribution is 6.31. The lowest BCUT2D eigenvalue weighted by atomic mass is 9.83. The summed E-state index contributed by atoms with van der Waals surface area (Å²) in [6.45, 7) is 0. The van der Waals surface area contributed by atoms with Gasteiger partial charge in [-0.25, -0.2) is 9.97 Å². The van der Waals surface area contributed by atoms with Crippen molar-refractivity contribution >= 4 is 34.7 Å². The van der Waals surface area contributed by atoms with Gasteiger partial charge in [0, 0.05) is 28.6 Å². The molecule has 0 amide bonds. The molecule has 6 heteroatoms. The van der Waals surface area contributed by atoms with Gasteiger partial charge in [0.2, 0.25) is 0 Å². The van der Waals surface area contributed by atoms with Crippen LogP contribution in [-0.4, -0.2) is 21.0 Å². The van der Waals surface area contributed by atoms with Gasteiger partial charge in [0.1, 0.15) is 0 Å². The monoisotopic (exact) mass is 379 g/mol. The van der Waals surface area contributed by atoms with Gasteiger partial charge in [-0.2, -0.15) is 0 Å². The Bertz CT molecular complexity index is 949. The Hall–Kier alpha value is -2.34. The third kappa shape index (κ3) is 4.16. The molecule has 1 aliphatic carbocycles. The number of aromatic nitrogens is 3. The number of nitrogens with one attached hydrogen (secondary N) is 1. The zero-order valence-electron chi connectivity index (χ0n) is 15.0. The number of nitrogens with zero attached hydrogens (tertiary/aromatic N) is 3. The summed E-state index contributed by atoms with van der Waals surface area (Å²) < 4.78 is 0. The second kappa shape index (κ2) is 8.13. The quantitative estimate of drug-likeness (QED) is 0.521. The molecule has 2 aromatic heterocycles. The molecule has 1 aromatic carbocycles. The van der Waals surface area contributed by atoms with Gasteiger partial charge in [-0.05, 0) is 68.2 Å². The van der Waals surface area contributed by atoms with Crippen molar-refractivity contribution in [1.29, 1.82) is 0 Å². The molecule has 0 atom stereocenters. The van der Waals surface area contributed by atoms with Crippen LogP contribution in [0, 0.1) is 0 Å². The SMILES string of the molecule is NNC1CCC(c2nc(C=Cc3ccccn3)nc3ccc(Cl)cc23)CC1. The lowest BCUT2D eigenvalue weighted by molar-refractivity contribution is 0.344. The zero-order chi connectivity index (χ0) is 18.6. The first-order chi connectivity index (χ1) is 13.2. The van der Waals surface area contributed by atoms with Crippen LogP contribution in [-0.2, 0) is 0 Å². The number of hydrogen-bond acceptors (Lipinski definition) is 5. The molecule has 4 rings (SSSR count). The van der Waals surface area contributed by atoms with Crippen LogP contribution in [0.15, 0.2) is 42.6 Å². The van der Waals surface area contributed by atoms with Gasteiger partial charge in [-0.3, -0.25) is 16.3 Å². The predicted octanol–water partition coefficient (Wildman–Crippen LogP) is 4.34. The van der Waals surface area contributed by atoms with Crippen molar-refractivity contribution in [3.63, 3.8) is 0 Å². The van der Waals surface area contributed by atoms with E-state index in [0.29, 0.717) is 22.8 Å². The van der Waals surface area contributed by atoms with Crippen LogP contribution in [0.2, 0.25) is 5.02 Å². The summed E-state index contributed by atoms with van der Waals surface area (Å²) in [6.07, 6.45) is 9.84. The van der Waals surface area contributed by atoms with E-state index in [4.69, 9.17) is 27.4 Å². The fraction of sp³-hybridized carbons (Fsp3) is 0.286. The Labute approximate surface area is 163 Å². The van der Waals surface area contributed by atoms with Crippen LogP contribution in [0.1, 0.15) is 48.8 Å². The number of fused-ring (bicyclic) bond motifs is 1. The molecule has 138 valence electrons. The lowest BCUT2D eigenvalue weighted by Gasteiger charge is -2.28. The molecule has 0 radical (unpaired) electrons. The van der Waals surface area contributed by atoms with Gasteiger partial charge in [-0.15, -0.1) is 0 Å². The van der Waals surface area contributed by atoms with Crippen LogP contribution in [0.5, 0.6) is 0 Å².